The van der Waals surface area contributed by atoms with Crippen LogP contribution in [0, 0.1) is 27.9 Å². The van der Waals surface area contributed by atoms with E-state index in [1.54, 1.807) is 12.1 Å². The van der Waals surface area contributed by atoms with E-state index < -0.39 is 5.82 Å². The molecule has 6 heteroatoms. The minimum atomic E-state index is -0.509. The molecule has 0 aliphatic carbocycles. The molecule has 0 spiro atoms. The Kier molecular flexibility index (Phi) is 5.85. The van der Waals surface area contributed by atoms with Crippen LogP contribution >= 0.6 is 67.8 Å². The third-order valence-corrected chi connectivity index (χ3v) is 4.76. The number of nitriles is 1. The van der Waals surface area contributed by atoms with Gasteiger partial charge in [-0.1, -0.05) is 12.1 Å². The van der Waals surface area contributed by atoms with Gasteiger partial charge < -0.3 is 4.74 Å². The second kappa shape index (κ2) is 7.22. The fourth-order valence-electron chi connectivity index (χ4n) is 1.59. The van der Waals surface area contributed by atoms with Gasteiger partial charge in [0, 0.05) is 9.13 Å². The van der Waals surface area contributed by atoms with Crippen molar-refractivity contribution in [2.45, 2.75) is 6.61 Å². The Morgan fingerprint density at radius 2 is 1.80 bits per heavy atom. The average Bonchev–Trinajstić information content (AvgIpc) is 2.39. The Balaban J connectivity index is 2.24. The number of hydrogen-bond donors (Lipinski definition) is 0. The lowest BCUT2D eigenvalue weighted by molar-refractivity contribution is 0.295. The second-order valence-corrected chi connectivity index (χ2v) is 7.45. The van der Waals surface area contributed by atoms with Crippen LogP contribution in [-0.4, -0.2) is 0 Å². The average molecular weight is 605 g/mol. The first-order valence-electron chi connectivity index (χ1n) is 5.47. The minimum absolute atomic E-state index is 0.0399. The molecule has 0 N–H and O–H groups in total. The van der Waals surface area contributed by atoms with E-state index in [9.17, 15) is 4.39 Å². The Morgan fingerprint density at radius 1 is 1.15 bits per heavy atom. The number of nitrogens with zero attached hydrogens (tertiary/aromatic N) is 1. The Morgan fingerprint density at radius 3 is 2.40 bits per heavy atom. The van der Waals surface area contributed by atoms with E-state index in [1.807, 2.05) is 18.2 Å². The lowest BCUT2D eigenvalue weighted by atomic mass is 10.1. The first-order chi connectivity index (χ1) is 9.52. The highest BCUT2D eigenvalue weighted by molar-refractivity contribution is 14.1. The highest BCUT2D eigenvalue weighted by Crippen LogP contribution is 2.30. The zero-order chi connectivity index (χ0) is 14.7. The first-order valence-corrected chi connectivity index (χ1v) is 8.71. The fraction of sp³-hybridized carbons (Fsp3) is 0.0714. The summed E-state index contributed by atoms with van der Waals surface area (Å²) in [5.41, 5.74) is 0.423. The summed E-state index contributed by atoms with van der Waals surface area (Å²) < 4.78 is 22.7. The summed E-state index contributed by atoms with van der Waals surface area (Å²) in [6.07, 6.45) is 0. The molecule has 0 aliphatic rings. The Hall–Kier alpha value is -0.150. The summed E-state index contributed by atoms with van der Waals surface area (Å²) in [7, 11) is 0. The molecule has 2 nitrogen and oxygen atoms in total. The minimum Gasteiger partial charge on any atom is -0.487 e. The van der Waals surface area contributed by atoms with Gasteiger partial charge in [0.25, 0.3) is 0 Å². The van der Waals surface area contributed by atoms with Crippen molar-refractivity contribution in [1.29, 1.82) is 5.26 Å². The Bertz CT molecular complexity index is 674. The summed E-state index contributed by atoms with van der Waals surface area (Å²) in [6, 6.07) is 10.6. The van der Waals surface area contributed by atoms with Gasteiger partial charge in [0.05, 0.1) is 12.7 Å². The van der Waals surface area contributed by atoms with Crippen molar-refractivity contribution in [2.24, 2.45) is 0 Å². The molecule has 0 fully saturated rings. The predicted octanol–water partition coefficient (Wildman–Crippen LogP) is 5.09. The van der Waals surface area contributed by atoms with E-state index in [1.165, 1.54) is 6.07 Å². The molecule has 0 unspecified atom stereocenters. The van der Waals surface area contributed by atoms with Gasteiger partial charge >= 0.3 is 0 Å². The standard InChI is InChI=1S/C14H7FI3NO/c15-13-8(6-19)2-1-3-9(13)7-20-14-11(17)4-10(16)5-12(14)18/h1-5H,7H2. The van der Waals surface area contributed by atoms with Gasteiger partial charge in [0.2, 0.25) is 0 Å². The topological polar surface area (TPSA) is 33.0 Å². The SMILES string of the molecule is N#Cc1cccc(COc2c(I)cc(I)cc2I)c1F. The van der Waals surface area contributed by atoms with Crippen LogP contribution in [0.1, 0.15) is 11.1 Å². The van der Waals surface area contributed by atoms with Gasteiger partial charge in [-0.3, -0.25) is 0 Å². The van der Waals surface area contributed by atoms with E-state index in [2.05, 4.69) is 67.8 Å². The van der Waals surface area contributed by atoms with Crippen LogP contribution < -0.4 is 4.74 Å². The normalized spacial score (nSPS) is 10.2. The van der Waals surface area contributed by atoms with E-state index in [4.69, 9.17) is 10.00 Å². The number of ether oxygens (including phenoxy) is 1. The van der Waals surface area contributed by atoms with Crippen LogP contribution in [0.3, 0.4) is 0 Å². The maximum absolute atomic E-state index is 13.9. The van der Waals surface area contributed by atoms with E-state index in [0.29, 0.717) is 5.56 Å². The number of benzene rings is 2. The third-order valence-electron chi connectivity index (χ3n) is 2.53. The van der Waals surface area contributed by atoms with Gasteiger partial charge in [0.15, 0.2) is 0 Å². The summed E-state index contributed by atoms with van der Waals surface area (Å²) in [5.74, 6) is 0.235. The first kappa shape index (κ1) is 16.2. The number of halogens is 4. The molecule has 0 bridgehead atoms. The zero-order valence-electron chi connectivity index (χ0n) is 9.96. The largest absolute Gasteiger partial charge is 0.487 e. The molecule has 0 atom stereocenters. The molecule has 2 rings (SSSR count). The van der Waals surface area contributed by atoms with Gasteiger partial charge in [-0.25, -0.2) is 4.39 Å². The van der Waals surface area contributed by atoms with E-state index in [-0.39, 0.29) is 12.2 Å². The quantitative estimate of drug-likeness (QED) is 0.458. The van der Waals surface area contributed by atoms with Crippen molar-refractivity contribution in [2.75, 3.05) is 0 Å². The van der Waals surface area contributed by atoms with Crippen molar-refractivity contribution in [3.63, 3.8) is 0 Å². The molecular formula is C14H7FI3NO. The molecule has 0 heterocycles. The van der Waals surface area contributed by atoms with Crippen LogP contribution in [0.15, 0.2) is 30.3 Å². The molecule has 0 saturated heterocycles. The molecule has 2 aromatic rings. The highest BCUT2D eigenvalue weighted by Gasteiger charge is 2.11. The summed E-state index contributed by atoms with van der Waals surface area (Å²) in [6.45, 7) is 0.105. The van der Waals surface area contributed by atoms with Crippen molar-refractivity contribution < 1.29 is 9.13 Å². The summed E-state index contributed by atoms with van der Waals surface area (Å²) in [4.78, 5) is 0. The van der Waals surface area contributed by atoms with Gasteiger partial charge in [-0.15, -0.1) is 0 Å². The monoisotopic (exact) mass is 605 g/mol. The third kappa shape index (κ3) is 3.73. The predicted molar refractivity (Wildman–Crippen MR) is 100 cm³/mol. The molecule has 20 heavy (non-hydrogen) atoms. The van der Waals surface area contributed by atoms with Gasteiger partial charge in [-0.2, -0.15) is 5.26 Å². The van der Waals surface area contributed by atoms with Crippen molar-refractivity contribution in [3.8, 4) is 11.8 Å². The molecule has 2 aromatic carbocycles. The van der Waals surface area contributed by atoms with Crippen LogP contribution in [0.25, 0.3) is 0 Å². The molecule has 0 saturated carbocycles. The maximum atomic E-state index is 13.9. The van der Waals surface area contributed by atoms with Crippen LogP contribution in [-0.2, 0) is 6.61 Å². The number of rotatable bonds is 3. The smallest absolute Gasteiger partial charge is 0.147 e. The van der Waals surface area contributed by atoms with Crippen molar-refractivity contribution >= 4 is 67.8 Å². The summed E-state index contributed by atoms with van der Waals surface area (Å²) in [5, 5.41) is 8.81. The van der Waals surface area contributed by atoms with E-state index >= 15 is 0 Å². The van der Waals surface area contributed by atoms with Gasteiger partial charge in [0.1, 0.15) is 24.2 Å². The second-order valence-electron chi connectivity index (χ2n) is 3.88. The summed E-state index contributed by atoms with van der Waals surface area (Å²) >= 11 is 6.63. The van der Waals surface area contributed by atoms with Crippen LogP contribution in [0.2, 0.25) is 0 Å². The fourth-order valence-corrected chi connectivity index (χ4v) is 5.49. The molecular weight excluding hydrogens is 598 g/mol. The van der Waals surface area contributed by atoms with E-state index in [0.717, 1.165) is 16.5 Å². The highest BCUT2D eigenvalue weighted by atomic mass is 127. The molecule has 0 aliphatic heterocycles. The Labute approximate surface area is 157 Å². The van der Waals surface area contributed by atoms with Crippen LogP contribution in [0.5, 0.6) is 5.75 Å². The lowest BCUT2D eigenvalue weighted by Gasteiger charge is -2.11. The zero-order valence-corrected chi connectivity index (χ0v) is 16.4. The van der Waals surface area contributed by atoms with Crippen LogP contribution in [0.4, 0.5) is 4.39 Å². The molecule has 0 amide bonds. The lowest BCUT2D eigenvalue weighted by Crippen LogP contribution is -2.02. The maximum Gasteiger partial charge on any atom is 0.147 e. The molecule has 0 radical (unpaired) electrons. The van der Waals surface area contributed by atoms with Gasteiger partial charge in [-0.05, 0) is 86.0 Å². The molecule has 102 valence electrons. The van der Waals surface area contributed by atoms with Crippen molar-refractivity contribution in [1.82, 2.24) is 0 Å². The molecule has 0 aromatic heterocycles. The van der Waals surface area contributed by atoms with Crippen molar-refractivity contribution in [3.05, 3.63) is 58.0 Å². The number of hydrogen-bond acceptors (Lipinski definition) is 2.